The molecular formula is C19H28N4O3. The molecule has 0 amide bonds. The minimum Gasteiger partial charge on any atom is -0.395 e. The molecule has 0 radical (unpaired) electrons. The lowest BCUT2D eigenvalue weighted by Gasteiger charge is -2.22. The zero-order valence-electron chi connectivity index (χ0n) is 15.5. The lowest BCUT2D eigenvalue weighted by Crippen LogP contribution is -2.38. The van der Waals surface area contributed by atoms with Gasteiger partial charge >= 0.3 is 5.69 Å². The Morgan fingerprint density at radius 2 is 1.77 bits per heavy atom. The molecule has 2 N–H and O–H groups in total. The number of nitrogens with one attached hydrogen (secondary N) is 1. The van der Waals surface area contributed by atoms with Gasteiger partial charge in [-0.05, 0) is 24.9 Å². The summed E-state index contributed by atoms with van der Waals surface area (Å²) in [5, 5.41) is 12.4. The van der Waals surface area contributed by atoms with E-state index in [1.807, 2.05) is 18.2 Å². The Morgan fingerprint density at radius 3 is 2.46 bits per heavy atom. The van der Waals surface area contributed by atoms with Crippen LogP contribution in [0, 0.1) is 0 Å². The van der Waals surface area contributed by atoms with Crippen LogP contribution in [0.3, 0.4) is 0 Å². The van der Waals surface area contributed by atoms with E-state index in [1.54, 1.807) is 7.05 Å². The quantitative estimate of drug-likeness (QED) is 0.642. The van der Waals surface area contributed by atoms with Crippen LogP contribution < -0.4 is 16.6 Å². The summed E-state index contributed by atoms with van der Waals surface area (Å²) in [6.45, 7) is 2.90. The Morgan fingerprint density at radius 1 is 1.04 bits per heavy atom. The third kappa shape index (κ3) is 5.57. The molecule has 2 rings (SSSR count). The van der Waals surface area contributed by atoms with E-state index in [1.165, 1.54) is 23.2 Å². The van der Waals surface area contributed by atoms with E-state index >= 15 is 0 Å². The Balaban J connectivity index is 1.85. The third-order valence-corrected chi connectivity index (χ3v) is 4.46. The predicted molar refractivity (Wildman–Crippen MR) is 104 cm³/mol. The van der Waals surface area contributed by atoms with E-state index in [0.717, 1.165) is 30.5 Å². The molecule has 0 saturated heterocycles. The van der Waals surface area contributed by atoms with Crippen molar-refractivity contribution >= 4 is 5.82 Å². The van der Waals surface area contributed by atoms with Gasteiger partial charge in [0.15, 0.2) is 0 Å². The number of aromatic nitrogens is 2. The highest BCUT2D eigenvalue weighted by atomic mass is 16.3. The van der Waals surface area contributed by atoms with Crippen molar-refractivity contribution in [2.45, 2.75) is 12.8 Å². The summed E-state index contributed by atoms with van der Waals surface area (Å²) >= 11 is 0. The van der Waals surface area contributed by atoms with Gasteiger partial charge in [0, 0.05) is 39.8 Å². The molecule has 26 heavy (non-hydrogen) atoms. The lowest BCUT2D eigenvalue weighted by atomic mass is 10.1. The molecule has 0 spiro atoms. The van der Waals surface area contributed by atoms with Crippen molar-refractivity contribution in [2.24, 2.45) is 14.1 Å². The molecule has 0 fully saturated rings. The number of anilines is 1. The summed E-state index contributed by atoms with van der Waals surface area (Å²) in [6.07, 6.45) is 2.01. The zero-order valence-corrected chi connectivity index (χ0v) is 15.5. The number of aliphatic hydroxyl groups excluding tert-OH is 1. The molecule has 1 aromatic carbocycles. The van der Waals surface area contributed by atoms with Crippen molar-refractivity contribution in [1.82, 2.24) is 14.0 Å². The molecule has 0 unspecified atom stereocenters. The normalized spacial score (nSPS) is 11.1. The Hall–Kier alpha value is -2.38. The van der Waals surface area contributed by atoms with Gasteiger partial charge in [0.05, 0.1) is 6.61 Å². The van der Waals surface area contributed by atoms with E-state index in [4.69, 9.17) is 0 Å². The predicted octanol–water partition coefficient (Wildman–Crippen LogP) is 0.423. The van der Waals surface area contributed by atoms with Crippen molar-refractivity contribution in [1.29, 1.82) is 0 Å². The van der Waals surface area contributed by atoms with E-state index in [2.05, 4.69) is 22.3 Å². The first kappa shape index (κ1) is 19.9. The van der Waals surface area contributed by atoms with Gasteiger partial charge in [0.2, 0.25) is 0 Å². The number of benzene rings is 1. The number of aryl methyl sites for hydroxylation is 1. The summed E-state index contributed by atoms with van der Waals surface area (Å²) in [5.74, 6) is 0.506. The average Bonchev–Trinajstić information content (AvgIpc) is 2.65. The largest absolute Gasteiger partial charge is 0.395 e. The fraction of sp³-hybridized carbons (Fsp3) is 0.474. The molecule has 0 bridgehead atoms. The van der Waals surface area contributed by atoms with Crippen LogP contribution >= 0.6 is 0 Å². The van der Waals surface area contributed by atoms with Crippen LogP contribution in [-0.4, -0.2) is 51.9 Å². The number of hydrogen-bond acceptors (Lipinski definition) is 5. The summed E-state index contributed by atoms with van der Waals surface area (Å²) < 4.78 is 2.50. The van der Waals surface area contributed by atoms with Gasteiger partial charge in [-0.1, -0.05) is 30.3 Å². The first-order valence-electron chi connectivity index (χ1n) is 8.91. The zero-order chi connectivity index (χ0) is 18.9. The highest BCUT2D eigenvalue weighted by molar-refractivity contribution is 5.33. The minimum absolute atomic E-state index is 0.107. The summed E-state index contributed by atoms with van der Waals surface area (Å²) in [4.78, 5) is 25.9. The number of nitrogens with zero attached hydrogens (tertiary/aromatic N) is 3. The summed E-state index contributed by atoms with van der Waals surface area (Å²) in [7, 11) is 3.10. The Bertz CT molecular complexity index is 799. The maximum absolute atomic E-state index is 11.9. The Labute approximate surface area is 153 Å². The number of rotatable bonds is 10. The molecule has 0 aliphatic carbocycles. The van der Waals surface area contributed by atoms with Crippen LogP contribution in [-0.2, 0) is 20.5 Å². The smallest absolute Gasteiger partial charge is 0.332 e. The molecule has 1 heterocycles. The van der Waals surface area contributed by atoms with Crippen molar-refractivity contribution in [2.75, 3.05) is 38.1 Å². The van der Waals surface area contributed by atoms with E-state index in [9.17, 15) is 14.7 Å². The van der Waals surface area contributed by atoms with Crippen LogP contribution in [0.5, 0.6) is 0 Å². The average molecular weight is 360 g/mol. The first-order chi connectivity index (χ1) is 12.5. The van der Waals surface area contributed by atoms with Crippen LogP contribution in [0.1, 0.15) is 12.0 Å². The van der Waals surface area contributed by atoms with Crippen LogP contribution in [0.2, 0.25) is 0 Å². The maximum atomic E-state index is 11.9. The lowest BCUT2D eigenvalue weighted by molar-refractivity contribution is 0.199. The molecule has 0 saturated carbocycles. The summed E-state index contributed by atoms with van der Waals surface area (Å²) in [6, 6.07) is 11.8. The van der Waals surface area contributed by atoms with Crippen molar-refractivity contribution in [3.05, 3.63) is 62.8 Å². The van der Waals surface area contributed by atoms with Crippen LogP contribution in [0.15, 0.2) is 46.0 Å². The van der Waals surface area contributed by atoms with Gasteiger partial charge in [0.1, 0.15) is 5.82 Å². The fourth-order valence-corrected chi connectivity index (χ4v) is 2.87. The van der Waals surface area contributed by atoms with Gasteiger partial charge in [0.25, 0.3) is 5.56 Å². The molecule has 1 aromatic heterocycles. The maximum Gasteiger partial charge on any atom is 0.332 e. The SMILES string of the molecule is Cn1c(NCCN(CCO)CCCc2ccccc2)cc(=O)n(C)c1=O. The second kappa shape index (κ2) is 9.94. The first-order valence-corrected chi connectivity index (χ1v) is 8.91. The van der Waals surface area contributed by atoms with Gasteiger partial charge in [-0.15, -0.1) is 0 Å². The van der Waals surface area contributed by atoms with Crippen LogP contribution in [0.25, 0.3) is 0 Å². The van der Waals surface area contributed by atoms with Crippen LogP contribution in [0.4, 0.5) is 5.82 Å². The topological polar surface area (TPSA) is 79.5 Å². The van der Waals surface area contributed by atoms with Crippen molar-refractivity contribution in [3.8, 4) is 0 Å². The van der Waals surface area contributed by atoms with Crippen molar-refractivity contribution in [3.63, 3.8) is 0 Å². The van der Waals surface area contributed by atoms with E-state index in [0.29, 0.717) is 18.9 Å². The standard InChI is InChI=1S/C19H28N4O3/c1-21-17(15-18(25)22(2)19(21)26)20-10-12-23(13-14-24)11-6-9-16-7-4-3-5-8-16/h3-5,7-8,15,20,24H,6,9-14H2,1-2H3. The second-order valence-electron chi connectivity index (χ2n) is 6.35. The second-order valence-corrected chi connectivity index (χ2v) is 6.35. The van der Waals surface area contributed by atoms with Gasteiger partial charge in [-0.25, -0.2) is 4.79 Å². The molecule has 142 valence electrons. The van der Waals surface area contributed by atoms with Gasteiger partial charge < -0.3 is 10.4 Å². The monoisotopic (exact) mass is 360 g/mol. The number of aliphatic hydroxyl groups is 1. The summed E-state index contributed by atoms with van der Waals surface area (Å²) in [5.41, 5.74) is 0.630. The minimum atomic E-state index is -0.352. The van der Waals surface area contributed by atoms with Gasteiger partial charge in [-0.2, -0.15) is 0 Å². The number of hydrogen-bond donors (Lipinski definition) is 2. The molecule has 7 heteroatoms. The molecule has 0 aliphatic rings. The molecule has 2 aromatic rings. The Kier molecular flexibility index (Phi) is 7.62. The van der Waals surface area contributed by atoms with E-state index in [-0.39, 0.29) is 17.9 Å². The molecule has 0 aliphatic heterocycles. The highest BCUT2D eigenvalue weighted by Gasteiger charge is 2.07. The fourth-order valence-electron chi connectivity index (χ4n) is 2.87. The van der Waals surface area contributed by atoms with Crippen molar-refractivity contribution < 1.29 is 5.11 Å². The molecular weight excluding hydrogens is 332 g/mol. The third-order valence-electron chi connectivity index (χ3n) is 4.46. The molecule has 0 atom stereocenters. The van der Waals surface area contributed by atoms with E-state index < -0.39 is 0 Å². The van der Waals surface area contributed by atoms with Gasteiger partial charge in [-0.3, -0.25) is 18.8 Å². The highest BCUT2D eigenvalue weighted by Crippen LogP contribution is 2.04. The molecule has 7 nitrogen and oxygen atoms in total.